The first-order valence-electron chi connectivity index (χ1n) is 21.9. The third-order valence-electron chi connectivity index (χ3n) is 13.1. The molecule has 0 aliphatic heterocycles. The van der Waals surface area contributed by atoms with Crippen LogP contribution in [-0.2, 0) is 0 Å². The van der Waals surface area contributed by atoms with Crippen LogP contribution < -0.4 is 0 Å². The van der Waals surface area contributed by atoms with Crippen molar-refractivity contribution in [3.05, 3.63) is 212 Å². The fraction of sp³-hybridized carbons (Fsp3) is 0. The van der Waals surface area contributed by atoms with Crippen molar-refractivity contribution in [2.75, 3.05) is 0 Å². The molecule has 0 atom stereocenters. The Morgan fingerprint density at radius 2 is 0.923 bits per heavy atom. The zero-order valence-corrected chi connectivity index (χ0v) is 34.9. The zero-order valence-electron chi connectivity index (χ0n) is 34.9. The van der Waals surface area contributed by atoms with Gasteiger partial charge in [-0.1, -0.05) is 152 Å². The minimum absolute atomic E-state index is 0.532. The van der Waals surface area contributed by atoms with Crippen molar-refractivity contribution in [2.24, 2.45) is 0 Å². The maximum absolute atomic E-state index is 6.73. The van der Waals surface area contributed by atoms with Gasteiger partial charge in [-0.25, -0.2) is 4.98 Å². The van der Waals surface area contributed by atoms with Crippen molar-refractivity contribution in [2.45, 2.75) is 0 Å². The Labute approximate surface area is 371 Å². The molecule has 6 nitrogen and oxygen atoms in total. The number of aromatic nitrogens is 5. The van der Waals surface area contributed by atoms with Crippen LogP contribution in [0.15, 0.2) is 217 Å². The molecule has 0 spiro atoms. The van der Waals surface area contributed by atoms with Gasteiger partial charge in [0.1, 0.15) is 11.2 Å². The Bertz CT molecular complexity index is 4240. The Morgan fingerprint density at radius 3 is 1.72 bits per heavy atom. The largest absolute Gasteiger partial charge is 0.455 e. The quantitative estimate of drug-likeness (QED) is 0.173. The minimum Gasteiger partial charge on any atom is -0.455 e. The van der Waals surface area contributed by atoms with Crippen molar-refractivity contribution in [3.63, 3.8) is 0 Å². The van der Waals surface area contributed by atoms with Gasteiger partial charge in [-0.2, -0.15) is 9.97 Å². The lowest BCUT2D eigenvalue weighted by atomic mass is 9.99. The molecule has 4 heterocycles. The molecule has 0 bridgehead atoms. The van der Waals surface area contributed by atoms with Gasteiger partial charge >= 0.3 is 0 Å². The lowest BCUT2D eigenvalue weighted by molar-refractivity contribution is 0.669. The second-order valence-corrected chi connectivity index (χ2v) is 16.8. The van der Waals surface area contributed by atoms with E-state index in [0.717, 1.165) is 82.5 Å². The minimum atomic E-state index is 0.532. The zero-order chi connectivity index (χ0) is 42.6. The number of hydrogen-bond donors (Lipinski definition) is 0. The summed E-state index contributed by atoms with van der Waals surface area (Å²) >= 11 is 0. The molecule has 302 valence electrons. The molecule has 6 heteroatoms. The van der Waals surface area contributed by atoms with Crippen LogP contribution in [0.5, 0.6) is 0 Å². The summed E-state index contributed by atoms with van der Waals surface area (Å²) in [4.78, 5) is 16.0. The highest BCUT2D eigenvalue weighted by atomic mass is 16.3. The summed E-state index contributed by atoms with van der Waals surface area (Å²) < 4.78 is 11.3. The molecule has 14 aromatic rings. The van der Waals surface area contributed by atoms with Crippen LogP contribution in [0.3, 0.4) is 0 Å². The number of para-hydroxylation sites is 3. The predicted molar refractivity (Wildman–Crippen MR) is 267 cm³/mol. The van der Waals surface area contributed by atoms with Gasteiger partial charge in [0, 0.05) is 43.6 Å². The van der Waals surface area contributed by atoms with Crippen LogP contribution in [0.2, 0.25) is 0 Å². The van der Waals surface area contributed by atoms with Crippen LogP contribution in [0.25, 0.3) is 133 Å². The molecular weight excluding hydrogens is 795 g/mol. The summed E-state index contributed by atoms with van der Waals surface area (Å²) in [6.45, 7) is 0. The molecule has 0 saturated heterocycles. The summed E-state index contributed by atoms with van der Waals surface area (Å²) in [5.74, 6) is 1.65. The fourth-order valence-electron chi connectivity index (χ4n) is 10.2. The third-order valence-corrected chi connectivity index (χ3v) is 13.1. The van der Waals surface area contributed by atoms with E-state index in [9.17, 15) is 0 Å². The van der Waals surface area contributed by atoms with E-state index in [2.05, 4.69) is 191 Å². The van der Waals surface area contributed by atoms with Crippen LogP contribution in [0.4, 0.5) is 0 Å². The monoisotopic (exact) mass is 829 g/mol. The number of hydrogen-bond acceptors (Lipinski definition) is 4. The molecule has 14 rings (SSSR count). The second kappa shape index (κ2) is 13.8. The van der Waals surface area contributed by atoms with Crippen molar-refractivity contribution in [1.82, 2.24) is 24.1 Å². The molecule has 65 heavy (non-hydrogen) atoms. The van der Waals surface area contributed by atoms with Crippen molar-refractivity contribution in [1.29, 1.82) is 0 Å². The van der Waals surface area contributed by atoms with Crippen LogP contribution in [0.1, 0.15) is 0 Å². The highest BCUT2D eigenvalue weighted by Gasteiger charge is 2.23. The Morgan fingerprint density at radius 1 is 0.338 bits per heavy atom. The van der Waals surface area contributed by atoms with Crippen molar-refractivity contribution in [3.8, 4) is 45.5 Å². The summed E-state index contributed by atoms with van der Waals surface area (Å²) in [5, 5.41) is 11.4. The van der Waals surface area contributed by atoms with Gasteiger partial charge in [0.05, 0.1) is 27.6 Å². The summed E-state index contributed by atoms with van der Waals surface area (Å²) in [6.07, 6.45) is 0. The first-order chi connectivity index (χ1) is 32.2. The van der Waals surface area contributed by atoms with E-state index in [0.29, 0.717) is 17.6 Å². The normalized spacial score (nSPS) is 12.0. The molecule has 0 unspecified atom stereocenters. The van der Waals surface area contributed by atoms with Crippen LogP contribution in [-0.4, -0.2) is 24.1 Å². The SMILES string of the molecule is c1ccc(-c2nc(-c3cc4ccccc4c4c3oc3ccccc34)nc(-n3c4ccc(-c5ccc6c(c5)c5ccccc5n6-c5ccccc5)cc4c4c5ccccc5ccc43)n2)cc1. The van der Waals surface area contributed by atoms with E-state index in [1.807, 2.05) is 30.3 Å². The van der Waals surface area contributed by atoms with Gasteiger partial charge in [-0.15, -0.1) is 0 Å². The van der Waals surface area contributed by atoms with Crippen molar-refractivity contribution >= 4 is 87.1 Å². The maximum atomic E-state index is 6.73. The van der Waals surface area contributed by atoms with Crippen LogP contribution in [0, 0.1) is 0 Å². The first-order valence-corrected chi connectivity index (χ1v) is 21.9. The first kappa shape index (κ1) is 35.7. The molecule has 0 aliphatic rings. The molecule has 0 aliphatic carbocycles. The molecule has 10 aromatic carbocycles. The van der Waals surface area contributed by atoms with Gasteiger partial charge < -0.3 is 8.98 Å². The molecule has 0 saturated carbocycles. The molecule has 0 amide bonds. The molecule has 4 aromatic heterocycles. The Hall–Kier alpha value is -8.87. The van der Waals surface area contributed by atoms with E-state index in [1.54, 1.807) is 0 Å². The Balaban J connectivity index is 1.03. The average molecular weight is 830 g/mol. The predicted octanol–water partition coefficient (Wildman–Crippen LogP) is 15.3. The number of fused-ring (bicyclic) bond motifs is 13. The standard InChI is InChI=1S/C59H35N5O/c1-3-16-37(17-4-1)57-60-58(48-35-40-18-8-10-22-43(40)55-45-24-12-14-26-53(45)65-56(48)55)62-59(61-57)64-51-31-29-39(34-47(51)54-42-21-9-7-15-36(42)27-32-52(54)64)38-28-30-50-46(33-38)44-23-11-13-25-49(44)63(50)41-19-5-2-6-20-41/h1-35H. The third kappa shape index (κ3) is 5.38. The number of furan rings is 1. The summed E-state index contributed by atoms with van der Waals surface area (Å²) in [7, 11) is 0. The summed E-state index contributed by atoms with van der Waals surface area (Å²) in [5.41, 5.74) is 11.1. The topological polar surface area (TPSA) is 61.7 Å². The van der Waals surface area contributed by atoms with E-state index in [4.69, 9.17) is 19.4 Å². The summed E-state index contributed by atoms with van der Waals surface area (Å²) in [6, 6.07) is 75.1. The molecule has 0 fully saturated rings. The molecule has 0 radical (unpaired) electrons. The van der Waals surface area contributed by atoms with E-state index < -0.39 is 0 Å². The van der Waals surface area contributed by atoms with E-state index in [-0.39, 0.29) is 0 Å². The van der Waals surface area contributed by atoms with Gasteiger partial charge in [0.2, 0.25) is 5.95 Å². The number of benzene rings is 10. The van der Waals surface area contributed by atoms with Gasteiger partial charge in [0.25, 0.3) is 0 Å². The number of rotatable bonds is 5. The highest BCUT2D eigenvalue weighted by molar-refractivity contribution is 6.23. The lowest BCUT2D eigenvalue weighted by Gasteiger charge is -2.12. The van der Waals surface area contributed by atoms with E-state index in [1.165, 1.54) is 32.6 Å². The van der Waals surface area contributed by atoms with Gasteiger partial charge in [-0.05, 0) is 93.3 Å². The lowest BCUT2D eigenvalue weighted by Crippen LogP contribution is -2.06. The average Bonchev–Trinajstić information content (AvgIpc) is 4.04. The van der Waals surface area contributed by atoms with Gasteiger partial charge in [0.15, 0.2) is 11.6 Å². The number of nitrogens with zero attached hydrogens (tertiary/aromatic N) is 5. The maximum Gasteiger partial charge on any atom is 0.238 e. The van der Waals surface area contributed by atoms with E-state index >= 15 is 0 Å². The Kier molecular flexibility index (Phi) is 7.59. The molecular formula is C59H35N5O. The van der Waals surface area contributed by atoms with Crippen LogP contribution >= 0.6 is 0 Å². The highest BCUT2D eigenvalue weighted by Crippen LogP contribution is 2.43. The fourth-order valence-corrected chi connectivity index (χ4v) is 10.2. The molecule has 0 N–H and O–H groups in total. The smallest absolute Gasteiger partial charge is 0.238 e. The second-order valence-electron chi connectivity index (χ2n) is 16.8. The van der Waals surface area contributed by atoms with Gasteiger partial charge in [-0.3, -0.25) is 4.57 Å². The van der Waals surface area contributed by atoms with Crippen molar-refractivity contribution < 1.29 is 4.42 Å².